The molecular weight excluding hydrogens is 140 g/mol. The number of hydrogen-bond donors (Lipinski definition) is 0. The van der Waals surface area contributed by atoms with Gasteiger partial charge >= 0.3 is 0 Å². The zero-order valence-corrected chi connectivity index (χ0v) is 7.92. The van der Waals surface area contributed by atoms with E-state index in [4.69, 9.17) is 4.74 Å². The number of piperazine rings is 1. The summed E-state index contributed by atoms with van der Waals surface area (Å²) in [6.07, 6.45) is 0. The zero-order valence-electron chi connectivity index (χ0n) is 7.92. The highest BCUT2D eigenvalue weighted by molar-refractivity contribution is 4.82. The first kappa shape index (κ1) is 8.97. The maximum Gasteiger partial charge on any atom is 0.131 e. The Kier molecular flexibility index (Phi) is 2.52. The van der Waals surface area contributed by atoms with Crippen LogP contribution in [0.15, 0.2) is 0 Å². The minimum absolute atomic E-state index is 0.0903. The molecule has 3 heteroatoms. The van der Waals surface area contributed by atoms with Crippen molar-refractivity contribution >= 4 is 0 Å². The fraction of sp³-hybridized carbons (Fsp3) is 1.00. The van der Waals surface area contributed by atoms with E-state index in [-0.39, 0.29) is 5.72 Å². The third-order valence-corrected chi connectivity index (χ3v) is 2.63. The smallest absolute Gasteiger partial charge is 0.131 e. The summed E-state index contributed by atoms with van der Waals surface area (Å²) >= 11 is 0. The number of ether oxygens (including phenoxy) is 1. The second kappa shape index (κ2) is 3.09. The molecule has 0 bridgehead atoms. The molecule has 1 fully saturated rings. The van der Waals surface area contributed by atoms with Crippen LogP contribution in [0, 0.1) is 0 Å². The number of rotatable bonds is 1. The monoisotopic (exact) mass is 158 g/mol. The summed E-state index contributed by atoms with van der Waals surface area (Å²) < 4.78 is 5.45. The lowest BCUT2D eigenvalue weighted by molar-refractivity contribution is -0.146. The van der Waals surface area contributed by atoms with Crippen LogP contribution in [0.25, 0.3) is 0 Å². The molecule has 1 atom stereocenters. The topological polar surface area (TPSA) is 15.7 Å². The highest BCUT2D eigenvalue weighted by Gasteiger charge is 2.33. The first-order valence-corrected chi connectivity index (χ1v) is 4.03. The van der Waals surface area contributed by atoms with Crippen molar-refractivity contribution in [3.05, 3.63) is 0 Å². The molecule has 3 nitrogen and oxygen atoms in total. The molecule has 1 aliphatic heterocycles. The molecule has 0 aliphatic carbocycles. The Morgan fingerprint density at radius 1 is 1.27 bits per heavy atom. The summed E-state index contributed by atoms with van der Waals surface area (Å²) in [4.78, 5) is 4.55. The second-order valence-electron chi connectivity index (χ2n) is 3.54. The van der Waals surface area contributed by atoms with Crippen molar-refractivity contribution < 1.29 is 4.74 Å². The molecule has 1 aliphatic rings. The average Bonchev–Trinajstić information content (AvgIpc) is 1.98. The van der Waals surface area contributed by atoms with Gasteiger partial charge in [-0.25, -0.2) is 0 Å². The van der Waals surface area contributed by atoms with Crippen molar-refractivity contribution in [2.75, 3.05) is 40.8 Å². The lowest BCUT2D eigenvalue weighted by atomic mass is 10.1. The Hall–Kier alpha value is -0.120. The molecule has 0 aromatic heterocycles. The summed E-state index contributed by atoms with van der Waals surface area (Å²) in [6, 6.07) is 0. The Balaban J connectivity index is 2.60. The van der Waals surface area contributed by atoms with Crippen LogP contribution in [-0.4, -0.2) is 56.4 Å². The minimum Gasteiger partial charge on any atom is -0.363 e. The van der Waals surface area contributed by atoms with Gasteiger partial charge in [-0.3, -0.25) is 4.90 Å². The molecule has 1 rings (SSSR count). The molecule has 0 N–H and O–H groups in total. The summed E-state index contributed by atoms with van der Waals surface area (Å²) in [7, 11) is 6.01. The maximum absolute atomic E-state index is 5.45. The lowest BCUT2D eigenvalue weighted by Crippen LogP contribution is -2.59. The highest BCUT2D eigenvalue weighted by atomic mass is 16.5. The average molecular weight is 158 g/mol. The first-order valence-electron chi connectivity index (χ1n) is 4.03. The zero-order chi connectivity index (χ0) is 8.48. The molecule has 0 radical (unpaired) electrons. The van der Waals surface area contributed by atoms with Crippen LogP contribution >= 0.6 is 0 Å². The van der Waals surface area contributed by atoms with Gasteiger partial charge in [0.1, 0.15) is 5.72 Å². The third kappa shape index (κ3) is 1.72. The van der Waals surface area contributed by atoms with E-state index in [9.17, 15) is 0 Å². The van der Waals surface area contributed by atoms with Crippen LogP contribution in [-0.2, 0) is 4.74 Å². The van der Waals surface area contributed by atoms with Crippen LogP contribution in [0.3, 0.4) is 0 Å². The number of likely N-dealkylation sites (N-methyl/N-ethyl adjacent to an activating group) is 2. The fourth-order valence-electron chi connectivity index (χ4n) is 1.48. The molecule has 0 amide bonds. The fourth-order valence-corrected chi connectivity index (χ4v) is 1.48. The Labute approximate surface area is 68.9 Å². The van der Waals surface area contributed by atoms with Crippen molar-refractivity contribution in [2.45, 2.75) is 12.6 Å². The molecule has 0 aromatic carbocycles. The Bertz CT molecular complexity index is 140. The van der Waals surface area contributed by atoms with Crippen molar-refractivity contribution in [3.8, 4) is 0 Å². The van der Waals surface area contributed by atoms with Crippen molar-refractivity contribution in [1.29, 1.82) is 0 Å². The van der Waals surface area contributed by atoms with Gasteiger partial charge in [-0.2, -0.15) is 0 Å². The predicted molar refractivity (Wildman–Crippen MR) is 45.5 cm³/mol. The summed E-state index contributed by atoms with van der Waals surface area (Å²) in [5.41, 5.74) is -0.0903. The van der Waals surface area contributed by atoms with E-state index < -0.39 is 0 Å². The maximum atomic E-state index is 5.45. The van der Waals surface area contributed by atoms with E-state index in [2.05, 4.69) is 30.8 Å². The number of hydrogen-bond acceptors (Lipinski definition) is 3. The van der Waals surface area contributed by atoms with Gasteiger partial charge in [-0.05, 0) is 21.0 Å². The van der Waals surface area contributed by atoms with E-state index in [1.165, 1.54) is 0 Å². The predicted octanol–water partition coefficient (Wildman–Crippen LogP) is 0.226. The van der Waals surface area contributed by atoms with Gasteiger partial charge in [0.05, 0.1) is 0 Å². The minimum atomic E-state index is -0.0903. The van der Waals surface area contributed by atoms with E-state index in [1.54, 1.807) is 7.11 Å². The number of methoxy groups -OCH3 is 1. The first-order chi connectivity index (χ1) is 5.08. The molecular formula is C8H18N2O. The Morgan fingerprint density at radius 2 is 1.91 bits per heavy atom. The normalized spacial score (nSPS) is 36.0. The van der Waals surface area contributed by atoms with Gasteiger partial charge < -0.3 is 9.64 Å². The van der Waals surface area contributed by atoms with E-state index in [0.29, 0.717) is 0 Å². The van der Waals surface area contributed by atoms with Gasteiger partial charge in [0.2, 0.25) is 0 Å². The van der Waals surface area contributed by atoms with Crippen LogP contribution in [0.5, 0.6) is 0 Å². The number of nitrogens with zero attached hydrogens (tertiary/aromatic N) is 2. The van der Waals surface area contributed by atoms with Crippen LogP contribution in [0.1, 0.15) is 6.92 Å². The van der Waals surface area contributed by atoms with Crippen molar-refractivity contribution in [3.63, 3.8) is 0 Å². The molecule has 0 spiro atoms. The van der Waals surface area contributed by atoms with E-state index in [1.807, 2.05) is 0 Å². The lowest BCUT2D eigenvalue weighted by Gasteiger charge is -2.45. The quantitative estimate of drug-likeness (QED) is 0.543. The largest absolute Gasteiger partial charge is 0.363 e. The summed E-state index contributed by atoms with van der Waals surface area (Å²) in [6.45, 7) is 5.33. The van der Waals surface area contributed by atoms with Crippen molar-refractivity contribution in [1.82, 2.24) is 9.80 Å². The van der Waals surface area contributed by atoms with Gasteiger partial charge in [-0.1, -0.05) is 0 Å². The SMILES string of the molecule is COC1(C)CN(C)CCN1C. The van der Waals surface area contributed by atoms with Gasteiger partial charge in [-0.15, -0.1) is 0 Å². The third-order valence-electron chi connectivity index (χ3n) is 2.63. The van der Waals surface area contributed by atoms with E-state index >= 15 is 0 Å². The van der Waals surface area contributed by atoms with Gasteiger partial charge in [0.25, 0.3) is 0 Å². The van der Waals surface area contributed by atoms with E-state index in [0.717, 1.165) is 19.6 Å². The molecule has 0 aromatic rings. The molecule has 0 saturated carbocycles. The summed E-state index contributed by atoms with van der Waals surface area (Å²) in [5, 5.41) is 0. The summed E-state index contributed by atoms with van der Waals surface area (Å²) in [5.74, 6) is 0. The molecule has 1 unspecified atom stereocenters. The standard InChI is InChI=1S/C8H18N2O/c1-8(11-4)7-9(2)5-6-10(8)3/h5-7H2,1-4H3. The molecule has 1 heterocycles. The van der Waals surface area contributed by atoms with Crippen LogP contribution in [0.4, 0.5) is 0 Å². The van der Waals surface area contributed by atoms with Crippen LogP contribution in [0.2, 0.25) is 0 Å². The van der Waals surface area contributed by atoms with Gasteiger partial charge in [0, 0.05) is 26.7 Å². The highest BCUT2D eigenvalue weighted by Crippen LogP contribution is 2.18. The second-order valence-corrected chi connectivity index (χ2v) is 3.54. The van der Waals surface area contributed by atoms with Crippen molar-refractivity contribution in [2.24, 2.45) is 0 Å². The molecule has 66 valence electrons. The Morgan fingerprint density at radius 3 is 2.36 bits per heavy atom. The molecule has 1 saturated heterocycles. The van der Waals surface area contributed by atoms with Crippen LogP contribution < -0.4 is 0 Å². The molecule has 11 heavy (non-hydrogen) atoms. The van der Waals surface area contributed by atoms with Gasteiger partial charge in [0.15, 0.2) is 0 Å².